The quantitative estimate of drug-likeness (QED) is 0.0782. The number of allylic oxidation sites excluding steroid dienone is 2. The van der Waals surface area contributed by atoms with Crippen LogP contribution in [0.4, 0.5) is 0 Å². The van der Waals surface area contributed by atoms with E-state index in [0.717, 1.165) is 32.1 Å². The van der Waals surface area contributed by atoms with Gasteiger partial charge in [-0.15, -0.1) is 0 Å². The lowest BCUT2D eigenvalue weighted by molar-refractivity contribution is -0.187. The van der Waals surface area contributed by atoms with Crippen molar-refractivity contribution in [3.8, 4) is 0 Å². The van der Waals surface area contributed by atoms with Crippen LogP contribution in [0.2, 0.25) is 78.6 Å². The number of hydrogen-bond donors (Lipinski definition) is 0. The maximum Gasteiger partial charge on any atom is 0.292 e. The smallest absolute Gasteiger partial charge is 0.292 e. The number of rotatable bonds is 19. The molecule has 10 heteroatoms. The molecule has 0 amide bonds. The second-order valence-corrected chi connectivity index (χ2v) is 33.6. The van der Waals surface area contributed by atoms with Crippen LogP contribution >= 0.6 is 0 Å². The van der Waals surface area contributed by atoms with Gasteiger partial charge in [0.25, 0.3) is 5.97 Å². The summed E-state index contributed by atoms with van der Waals surface area (Å²) in [6.07, 6.45) is 17.2. The van der Waals surface area contributed by atoms with E-state index in [2.05, 4.69) is 90.2 Å². The highest BCUT2D eigenvalue weighted by Gasteiger charge is 2.41. The molecule has 0 spiro atoms. The third kappa shape index (κ3) is 19.8. The minimum atomic E-state index is -1.83. The summed E-state index contributed by atoms with van der Waals surface area (Å²) >= 11 is 0. The Morgan fingerprint density at radius 2 is 1.48 bits per heavy atom. The summed E-state index contributed by atoms with van der Waals surface area (Å²) in [4.78, 5) is 12.1. The summed E-state index contributed by atoms with van der Waals surface area (Å²) in [5.41, 5.74) is 0. The van der Waals surface area contributed by atoms with Crippen LogP contribution in [0, 0.1) is 5.92 Å². The van der Waals surface area contributed by atoms with Gasteiger partial charge in [0.15, 0.2) is 31.2 Å². The van der Waals surface area contributed by atoms with E-state index in [1.165, 1.54) is 19.3 Å². The SMILES string of the molecule is CCCCCC(/C=C/C1OC(O[Si](C)(C)C)CC(O[Si](C)(C)C)C1C/C=C\CCCC(=O)O[Si](C)(C)C)O[Si](C)(C)C. The van der Waals surface area contributed by atoms with E-state index in [1.807, 2.05) is 19.6 Å². The van der Waals surface area contributed by atoms with Crippen molar-refractivity contribution in [1.29, 1.82) is 0 Å². The molecule has 42 heavy (non-hydrogen) atoms. The molecule has 1 aliphatic rings. The van der Waals surface area contributed by atoms with E-state index in [9.17, 15) is 4.79 Å². The van der Waals surface area contributed by atoms with Crippen molar-refractivity contribution in [2.75, 3.05) is 0 Å². The molecule has 1 aliphatic heterocycles. The van der Waals surface area contributed by atoms with Gasteiger partial charge in [0, 0.05) is 18.8 Å². The first-order chi connectivity index (χ1) is 19.2. The zero-order valence-electron chi connectivity index (χ0n) is 29.5. The molecule has 0 aromatic heterocycles. The lowest BCUT2D eigenvalue weighted by Crippen LogP contribution is -2.50. The van der Waals surface area contributed by atoms with Crippen LogP contribution in [0.15, 0.2) is 24.3 Å². The van der Waals surface area contributed by atoms with Crippen molar-refractivity contribution in [3.05, 3.63) is 24.3 Å². The Bertz CT molecular complexity index is 836. The topological polar surface area (TPSA) is 63.2 Å². The standard InChI is InChI=1S/C32H66O6Si4/c1-14-15-18-21-27(35-39(2,3)4)24-25-29-28(22-19-16-17-20-23-31(33)37-41(8,9)10)30(36-40(5,6)7)26-32(34-29)38-42(11,12)13/h16,19,24-25,27-30,32H,14-15,17-18,20-23,26H2,1-13H3/b19-16-,25-24+. The Hall–Kier alpha value is -0.342. The van der Waals surface area contributed by atoms with E-state index in [4.69, 9.17) is 22.4 Å². The number of carbonyl (C=O) groups is 1. The van der Waals surface area contributed by atoms with Crippen LogP contribution in [-0.2, 0) is 27.2 Å². The number of hydrogen-bond acceptors (Lipinski definition) is 6. The summed E-state index contributed by atoms with van der Waals surface area (Å²) < 4.78 is 32.2. The monoisotopic (exact) mass is 658 g/mol. The molecule has 0 N–H and O–H groups in total. The molecule has 0 aromatic rings. The van der Waals surface area contributed by atoms with E-state index < -0.39 is 33.3 Å². The molecule has 0 bridgehead atoms. The van der Waals surface area contributed by atoms with E-state index in [1.54, 1.807) is 0 Å². The first-order valence-corrected chi connectivity index (χ1v) is 30.0. The van der Waals surface area contributed by atoms with Crippen LogP contribution in [0.1, 0.15) is 64.7 Å². The van der Waals surface area contributed by atoms with Gasteiger partial charge >= 0.3 is 0 Å². The van der Waals surface area contributed by atoms with Crippen molar-refractivity contribution in [2.45, 2.75) is 168 Å². The average molecular weight is 659 g/mol. The highest BCUT2D eigenvalue weighted by molar-refractivity contribution is 6.71. The molecule has 1 saturated heterocycles. The number of carbonyl (C=O) groups excluding carboxylic acids is 1. The zero-order valence-corrected chi connectivity index (χ0v) is 33.5. The normalized spacial score (nSPS) is 23.5. The van der Waals surface area contributed by atoms with Gasteiger partial charge in [-0.2, -0.15) is 0 Å². The van der Waals surface area contributed by atoms with Crippen LogP contribution in [0.3, 0.4) is 0 Å². The summed E-state index contributed by atoms with van der Waals surface area (Å²) in [5, 5.41) is 0. The van der Waals surface area contributed by atoms with E-state index >= 15 is 0 Å². The van der Waals surface area contributed by atoms with Crippen LogP contribution in [-0.4, -0.2) is 63.8 Å². The second kappa shape index (κ2) is 18.0. The van der Waals surface area contributed by atoms with Gasteiger partial charge in [-0.3, -0.25) is 4.79 Å². The van der Waals surface area contributed by atoms with Gasteiger partial charge < -0.3 is 22.4 Å². The van der Waals surface area contributed by atoms with Gasteiger partial charge in [-0.1, -0.05) is 50.5 Å². The van der Waals surface area contributed by atoms with Gasteiger partial charge in [0.05, 0.1) is 18.3 Å². The summed E-state index contributed by atoms with van der Waals surface area (Å²) in [7, 11) is -7.15. The molecule has 0 aliphatic carbocycles. The predicted octanol–water partition coefficient (Wildman–Crippen LogP) is 9.64. The first-order valence-electron chi connectivity index (χ1n) is 16.4. The fourth-order valence-electron chi connectivity index (χ4n) is 5.05. The minimum Gasteiger partial charge on any atom is -0.520 e. The molecule has 5 unspecified atom stereocenters. The summed E-state index contributed by atoms with van der Waals surface area (Å²) in [5.74, 6) is 0.116. The minimum absolute atomic E-state index is 0.0641. The molecule has 1 heterocycles. The number of ether oxygens (including phenoxy) is 1. The Morgan fingerprint density at radius 3 is 2.02 bits per heavy atom. The maximum absolute atomic E-state index is 12.1. The first kappa shape index (κ1) is 39.7. The lowest BCUT2D eigenvalue weighted by Gasteiger charge is -2.44. The van der Waals surface area contributed by atoms with Gasteiger partial charge in [0.2, 0.25) is 8.32 Å². The Balaban J connectivity index is 3.14. The molecule has 5 atom stereocenters. The van der Waals surface area contributed by atoms with E-state index in [0.29, 0.717) is 6.42 Å². The van der Waals surface area contributed by atoms with Crippen molar-refractivity contribution in [1.82, 2.24) is 0 Å². The second-order valence-electron chi connectivity index (χ2n) is 15.8. The third-order valence-electron chi connectivity index (χ3n) is 6.48. The highest BCUT2D eigenvalue weighted by atomic mass is 28.4. The molecule has 1 fully saturated rings. The number of unbranched alkanes of at least 4 members (excludes halogenated alkanes) is 3. The molecular weight excluding hydrogens is 593 g/mol. The Labute approximate surface area is 263 Å². The van der Waals surface area contributed by atoms with Crippen molar-refractivity contribution >= 4 is 39.2 Å². The molecule has 1 rings (SSSR count). The fourth-order valence-corrected chi connectivity index (χ4v) is 9.06. The van der Waals surface area contributed by atoms with Gasteiger partial charge in [0.1, 0.15) is 0 Å². The van der Waals surface area contributed by atoms with Crippen LogP contribution in [0.5, 0.6) is 0 Å². The molecular formula is C32H66O6Si4. The van der Waals surface area contributed by atoms with Gasteiger partial charge in [-0.05, 0) is 104 Å². The molecule has 0 saturated carbocycles. The van der Waals surface area contributed by atoms with Crippen molar-refractivity contribution in [3.63, 3.8) is 0 Å². The van der Waals surface area contributed by atoms with Crippen LogP contribution < -0.4 is 0 Å². The largest absolute Gasteiger partial charge is 0.520 e. The average Bonchev–Trinajstić information content (AvgIpc) is 2.76. The Morgan fingerprint density at radius 1 is 0.833 bits per heavy atom. The highest BCUT2D eigenvalue weighted by Crippen LogP contribution is 2.35. The molecule has 0 radical (unpaired) electrons. The Kier molecular flexibility index (Phi) is 17.0. The molecule has 0 aromatic carbocycles. The summed E-state index contributed by atoms with van der Waals surface area (Å²) in [6.45, 7) is 28.6. The molecule has 246 valence electrons. The van der Waals surface area contributed by atoms with Gasteiger partial charge in [-0.25, -0.2) is 0 Å². The maximum atomic E-state index is 12.1. The zero-order chi connectivity index (χ0) is 32.2. The third-order valence-corrected chi connectivity index (χ3v) is 10.3. The van der Waals surface area contributed by atoms with Crippen molar-refractivity contribution in [2.24, 2.45) is 5.92 Å². The fraction of sp³-hybridized carbons (Fsp3) is 0.844. The van der Waals surface area contributed by atoms with Crippen LogP contribution in [0.25, 0.3) is 0 Å². The summed E-state index contributed by atoms with van der Waals surface area (Å²) in [6, 6.07) is 0. The molecule has 6 nitrogen and oxygen atoms in total. The van der Waals surface area contributed by atoms with E-state index in [-0.39, 0.29) is 36.5 Å². The predicted molar refractivity (Wildman–Crippen MR) is 188 cm³/mol. The van der Waals surface area contributed by atoms with Crippen molar-refractivity contribution < 1.29 is 27.2 Å². The lowest BCUT2D eigenvalue weighted by atomic mass is 9.87.